The normalized spacial score (nSPS) is 20.9. The number of primary amides is 1. The van der Waals surface area contributed by atoms with E-state index in [1.807, 2.05) is 0 Å². The van der Waals surface area contributed by atoms with E-state index in [4.69, 9.17) is 11.5 Å². The van der Waals surface area contributed by atoms with E-state index in [0.717, 1.165) is 39.3 Å². The molecule has 0 aliphatic carbocycles. The third kappa shape index (κ3) is 3.16. The predicted molar refractivity (Wildman–Crippen MR) is 55.8 cm³/mol. The summed E-state index contributed by atoms with van der Waals surface area (Å²) in [6.07, 6.45) is 0. The van der Waals surface area contributed by atoms with Crippen molar-refractivity contribution in [2.45, 2.75) is 6.92 Å². The molecule has 2 amide bonds. The lowest BCUT2D eigenvalue weighted by atomic mass is 10.1. The van der Waals surface area contributed by atoms with Crippen molar-refractivity contribution in [2.75, 3.05) is 39.3 Å². The van der Waals surface area contributed by atoms with Gasteiger partial charge < -0.3 is 16.4 Å². The molecule has 0 bridgehead atoms. The van der Waals surface area contributed by atoms with Crippen molar-refractivity contribution in [3.8, 4) is 0 Å². The quantitative estimate of drug-likeness (QED) is 0.631. The lowest BCUT2D eigenvalue weighted by molar-refractivity contribution is 0.135. The monoisotopic (exact) mass is 200 g/mol. The molecule has 0 saturated carbocycles. The fraction of sp³-hybridized carbons (Fsp3) is 0.889. The molecule has 0 aromatic carbocycles. The summed E-state index contributed by atoms with van der Waals surface area (Å²) in [4.78, 5) is 14.9. The smallest absolute Gasteiger partial charge is 0.314 e. The highest BCUT2D eigenvalue weighted by atomic mass is 16.2. The van der Waals surface area contributed by atoms with E-state index in [0.29, 0.717) is 5.92 Å². The van der Waals surface area contributed by atoms with Crippen LogP contribution in [0.5, 0.6) is 0 Å². The number of piperazine rings is 1. The van der Waals surface area contributed by atoms with Crippen molar-refractivity contribution in [1.29, 1.82) is 0 Å². The molecule has 1 atom stereocenters. The maximum absolute atomic E-state index is 10.8. The first-order chi connectivity index (χ1) is 6.63. The molecule has 0 aromatic rings. The van der Waals surface area contributed by atoms with Gasteiger partial charge in [-0.25, -0.2) is 4.79 Å². The van der Waals surface area contributed by atoms with E-state index in [1.54, 1.807) is 4.90 Å². The Kier molecular flexibility index (Phi) is 4.16. The zero-order chi connectivity index (χ0) is 10.6. The van der Waals surface area contributed by atoms with Crippen LogP contribution >= 0.6 is 0 Å². The number of rotatable bonds is 3. The highest BCUT2D eigenvalue weighted by Gasteiger charge is 2.19. The van der Waals surface area contributed by atoms with Crippen molar-refractivity contribution in [3.63, 3.8) is 0 Å². The van der Waals surface area contributed by atoms with Crippen LogP contribution in [0.4, 0.5) is 4.79 Å². The van der Waals surface area contributed by atoms with Crippen molar-refractivity contribution in [2.24, 2.45) is 17.4 Å². The Bertz CT molecular complexity index is 189. The van der Waals surface area contributed by atoms with Crippen LogP contribution in [0.1, 0.15) is 6.92 Å². The van der Waals surface area contributed by atoms with Gasteiger partial charge >= 0.3 is 6.03 Å². The molecule has 1 aliphatic heterocycles. The Balaban J connectivity index is 2.25. The Labute approximate surface area is 85.0 Å². The molecule has 0 radical (unpaired) electrons. The number of hydrogen-bond acceptors (Lipinski definition) is 3. The third-order valence-electron chi connectivity index (χ3n) is 2.66. The van der Waals surface area contributed by atoms with Gasteiger partial charge in [0.2, 0.25) is 0 Å². The fourth-order valence-electron chi connectivity index (χ4n) is 1.67. The van der Waals surface area contributed by atoms with Crippen LogP contribution in [-0.2, 0) is 0 Å². The maximum atomic E-state index is 10.8. The maximum Gasteiger partial charge on any atom is 0.314 e. The molecule has 1 heterocycles. The van der Waals surface area contributed by atoms with Crippen LogP contribution in [0.15, 0.2) is 0 Å². The predicted octanol–water partition coefficient (Wildman–Crippen LogP) is -0.722. The van der Waals surface area contributed by atoms with E-state index in [2.05, 4.69) is 11.8 Å². The molecule has 1 aliphatic rings. The van der Waals surface area contributed by atoms with Crippen LogP contribution in [0, 0.1) is 5.92 Å². The van der Waals surface area contributed by atoms with E-state index < -0.39 is 0 Å². The minimum atomic E-state index is -0.309. The van der Waals surface area contributed by atoms with Crippen molar-refractivity contribution >= 4 is 6.03 Å². The van der Waals surface area contributed by atoms with Crippen LogP contribution in [0.25, 0.3) is 0 Å². The largest absolute Gasteiger partial charge is 0.351 e. The van der Waals surface area contributed by atoms with Crippen LogP contribution < -0.4 is 11.5 Å². The Morgan fingerprint density at radius 2 is 1.93 bits per heavy atom. The first-order valence-electron chi connectivity index (χ1n) is 5.10. The molecule has 1 fully saturated rings. The van der Waals surface area contributed by atoms with Gasteiger partial charge in [-0.05, 0) is 12.5 Å². The Morgan fingerprint density at radius 1 is 1.36 bits per heavy atom. The lowest BCUT2D eigenvalue weighted by Gasteiger charge is -2.34. The summed E-state index contributed by atoms with van der Waals surface area (Å²) in [5.74, 6) is 0.523. The summed E-state index contributed by atoms with van der Waals surface area (Å²) in [5.41, 5.74) is 10.7. The average molecular weight is 200 g/mol. The van der Waals surface area contributed by atoms with Crippen molar-refractivity contribution < 1.29 is 4.79 Å². The molecule has 1 unspecified atom stereocenters. The zero-order valence-electron chi connectivity index (χ0n) is 8.78. The molecule has 14 heavy (non-hydrogen) atoms. The SMILES string of the molecule is CC(CN)CN1CCN(C(N)=O)CC1. The summed E-state index contributed by atoms with van der Waals surface area (Å²) in [6.45, 7) is 7.18. The summed E-state index contributed by atoms with van der Waals surface area (Å²) < 4.78 is 0. The fourth-order valence-corrected chi connectivity index (χ4v) is 1.67. The van der Waals surface area contributed by atoms with Crippen LogP contribution in [0.3, 0.4) is 0 Å². The number of nitrogens with two attached hydrogens (primary N) is 2. The van der Waals surface area contributed by atoms with Gasteiger partial charge in [-0.1, -0.05) is 6.92 Å². The molecule has 5 heteroatoms. The number of carbonyl (C=O) groups is 1. The molecule has 1 saturated heterocycles. The second-order valence-corrected chi connectivity index (χ2v) is 3.97. The van der Waals surface area contributed by atoms with Crippen LogP contribution in [0.2, 0.25) is 0 Å². The van der Waals surface area contributed by atoms with Crippen molar-refractivity contribution in [1.82, 2.24) is 9.80 Å². The van der Waals surface area contributed by atoms with E-state index >= 15 is 0 Å². The minimum absolute atomic E-state index is 0.309. The molecule has 4 N–H and O–H groups in total. The summed E-state index contributed by atoms with van der Waals surface area (Å²) in [6, 6.07) is -0.309. The number of urea groups is 1. The van der Waals surface area contributed by atoms with Gasteiger partial charge in [0.15, 0.2) is 0 Å². The first-order valence-corrected chi connectivity index (χ1v) is 5.10. The number of hydrogen-bond donors (Lipinski definition) is 2. The van der Waals surface area contributed by atoms with Gasteiger partial charge in [0, 0.05) is 32.7 Å². The molecular weight excluding hydrogens is 180 g/mol. The molecule has 0 aromatic heterocycles. The van der Waals surface area contributed by atoms with Crippen molar-refractivity contribution in [3.05, 3.63) is 0 Å². The molecule has 5 nitrogen and oxygen atoms in total. The van der Waals surface area contributed by atoms with Gasteiger partial charge in [0.25, 0.3) is 0 Å². The minimum Gasteiger partial charge on any atom is -0.351 e. The number of carbonyl (C=O) groups excluding carboxylic acids is 1. The summed E-state index contributed by atoms with van der Waals surface area (Å²) >= 11 is 0. The second kappa shape index (κ2) is 5.17. The second-order valence-electron chi connectivity index (χ2n) is 3.97. The molecular formula is C9H20N4O. The van der Waals surface area contributed by atoms with E-state index in [1.165, 1.54) is 0 Å². The topological polar surface area (TPSA) is 75.6 Å². The number of nitrogens with zero attached hydrogens (tertiary/aromatic N) is 2. The summed E-state index contributed by atoms with van der Waals surface area (Å²) in [7, 11) is 0. The average Bonchev–Trinajstić information content (AvgIpc) is 2.18. The first kappa shape index (κ1) is 11.3. The highest BCUT2D eigenvalue weighted by Crippen LogP contribution is 2.04. The lowest BCUT2D eigenvalue weighted by Crippen LogP contribution is -2.51. The van der Waals surface area contributed by atoms with Gasteiger partial charge in [-0.3, -0.25) is 4.90 Å². The molecule has 0 spiro atoms. The van der Waals surface area contributed by atoms with Crippen LogP contribution in [-0.4, -0.2) is 55.1 Å². The van der Waals surface area contributed by atoms with Gasteiger partial charge in [-0.2, -0.15) is 0 Å². The standard InChI is InChI=1S/C9H20N4O/c1-8(6-10)7-12-2-4-13(5-3-12)9(11)14/h8H,2-7,10H2,1H3,(H2,11,14). The highest BCUT2D eigenvalue weighted by molar-refractivity contribution is 5.72. The van der Waals surface area contributed by atoms with E-state index in [9.17, 15) is 4.79 Å². The summed E-state index contributed by atoms with van der Waals surface area (Å²) in [5, 5.41) is 0. The van der Waals surface area contributed by atoms with Gasteiger partial charge in [0.1, 0.15) is 0 Å². The zero-order valence-corrected chi connectivity index (χ0v) is 8.78. The van der Waals surface area contributed by atoms with E-state index in [-0.39, 0.29) is 6.03 Å². The third-order valence-corrected chi connectivity index (χ3v) is 2.66. The molecule has 1 rings (SSSR count). The number of amides is 2. The molecule has 82 valence electrons. The van der Waals surface area contributed by atoms with Gasteiger partial charge in [-0.15, -0.1) is 0 Å². The van der Waals surface area contributed by atoms with Gasteiger partial charge in [0.05, 0.1) is 0 Å². The Hall–Kier alpha value is -0.810. The Morgan fingerprint density at radius 3 is 2.36 bits per heavy atom.